The number of hydrogen-bond donors (Lipinski definition) is 2. The molecule has 0 saturated carbocycles. The van der Waals surface area contributed by atoms with E-state index in [9.17, 15) is 14.0 Å². The summed E-state index contributed by atoms with van der Waals surface area (Å²) in [4.78, 5) is 26.5. The lowest BCUT2D eigenvalue weighted by Gasteiger charge is -2.26. The Bertz CT molecular complexity index is 922. The quantitative estimate of drug-likeness (QED) is 0.566. The van der Waals surface area contributed by atoms with Crippen molar-refractivity contribution in [1.82, 2.24) is 15.5 Å². The van der Waals surface area contributed by atoms with Gasteiger partial charge in [0.1, 0.15) is 18.2 Å². The van der Waals surface area contributed by atoms with E-state index < -0.39 is 11.7 Å². The monoisotopic (exact) mass is 463 g/mol. The van der Waals surface area contributed by atoms with Crippen LogP contribution in [-0.2, 0) is 16.1 Å². The molecule has 0 aliphatic carbocycles. The average molecular weight is 464 g/mol. The maximum atomic E-state index is 13.1. The number of carbonyl (C=O) groups is 2. The second-order valence-electron chi connectivity index (χ2n) is 7.36. The Morgan fingerprint density at radius 3 is 2.72 bits per heavy atom. The summed E-state index contributed by atoms with van der Waals surface area (Å²) >= 11 is 5.87. The van der Waals surface area contributed by atoms with Gasteiger partial charge in [0.25, 0.3) is 5.91 Å². The topological polar surface area (TPSA) is 79.9 Å². The molecule has 172 valence electrons. The first-order chi connectivity index (χ1) is 15.5. The van der Waals surface area contributed by atoms with E-state index >= 15 is 0 Å². The number of amides is 2. The molecule has 7 nitrogen and oxygen atoms in total. The molecule has 0 atom stereocenters. The number of halogens is 2. The predicted octanol–water partition coefficient (Wildman–Crippen LogP) is 2.63. The SMILES string of the molecule is O=C(CCNC(=O)c1ccc(F)cc1Cl)NCc1cccc(OCCN2CCOCC2)c1. The van der Waals surface area contributed by atoms with Crippen molar-refractivity contribution in [2.45, 2.75) is 13.0 Å². The highest BCUT2D eigenvalue weighted by molar-refractivity contribution is 6.33. The molecule has 3 rings (SSSR count). The fraction of sp³-hybridized carbons (Fsp3) is 0.391. The zero-order valence-corrected chi connectivity index (χ0v) is 18.5. The minimum Gasteiger partial charge on any atom is -0.492 e. The molecule has 0 radical (unpaired) electrons. The van der Waals surface area contributed by atoms with Crippen LogP contribution < -0.4 is 15.4 Å². The third-order valence-corrected chi connectivity index (χ3v) is 5.29. The molecule has 1 aliphatic rings. The Morgan fingerprint density at radius 1 is 1.12 bits per heavy atom. The summed E-state index contributed by atoms with van der Waals surface area (Å²) in [5, 5.41) is 5.46. The highest BCUT2D eigenvalue weighted by Crippen LogP contribution is 2.17. The fourth-order valence-electron chi connectivity index (χ4n) is 3.21. The lowest BCUT2D eigenvalue weighted by Crippen LogP contribution is -2.38. The van der Waals surface area contributed by atoms with Gasteiger partial charge in [-0.15, -0.1) is 0 Å². The molecule has 9 heteroatoms. The highest BCUT2D eigenvalue weighted by Gasteiger charge is 2.12. The normalized spacial score (nSPS) is 14.1. The van der Waals surface area contributed by atoms with Crippen LogP contribution in [0.1, 0.15) is 22.3 Å². The maximum absolute atomic E-state index is 13.1. The number of nitrogens with one attached hydrogen (secondary N) is 2. The van der Waals surface area contributed by atoms with Crippen molar-refractivity contribution in [1.29, 1.82) is 0 Å². The first kappa shape index (κ1) is 24.0. The van der Waals surface area contributed by atoms with Crippen LogP contribution in [0.3, 0.4) is 0 Å². The van der Waals surface area contributed by atoms with E-state index in [0.29, 0.717) is 13.2 Å². The van der Waals surface area contributed by atoms with E-state index in [2.05, 4.69) is 15.5 Å². The Labute approximate surface area is 191 Å². The van der Waals surface area contributed by atoms with Crippen LogP contribution in [0.2, 0.25) is 5.02 Å². The Morgan fingerprint density at radius 2 is 1.94 bits per heavy atom. The van der Waals surface area contributed by atoms with E-state index in [1.165, 1.54) is 6.07 Å². The van der Waals surface area contributed by atoms with Gasteiger partial charge in [0.2, 0.25) is 5.91 Å². The van der Waals surface area contributed by atoms with Gasteiger partial charge in [-0.2, -0.15) is 0 Å². The molecular formula is C23H27ClFN3O4. The molecule has 0 spiro atoms. The van der Waals surface area contributed by atoms with Crippen molar-refractivity contribution in [3.8, 4) is 5.75 Å². The summed E-state index contributed by atoms with van der Waals surface area (Å²) < 4.78 is 24.2. The fourth-order valence-corrected chi connectivity index (χ4v) is 3.46. The number of morpholine rings is 1. The first-order valence-corrected chi connectivity index (χ1v) is 10.9. The lowest BCUT2D eigenvalue weighted by molar-refractivity contribution is -0.121. The molecule has 32 heavy (non-hydrogen) atoms. The summed E-state index contributed by atoms with van der Waals surface area (Å²) in [6.07, 6.45) is 0.111. The standard InChI is InChI=1S/C23H27ClFN3O4/c24-21-15-18(25)4-5-20(21)23(30)26-7-6-22(29)27-16-17-2-1-3-19(14-17)32-13-10-28-8-11-31-12-9-28/h1-5,14-15H,6-13,16H2,(H,26,30)(H,27,29). The Hall–Kier alpha value is -2.68. The number of benzene rings is 2. The second kappa shape index (κ2) is 12.4. The summed E-state index contributed by atoms with van der Waals surface area (Å²) in [5.41, 5.74) is 1.09. The van der Waals surface area contributed by atoms with Crippen LogP contribution in [0.25, 0.3) is 0 Å². The molecule has 2 aromatic rings. The number of carbonyl (C=O) groups excluding carboxylic acids is 2. The molecule has 1 aliphatic heterocycles. The summed E-state index contributed by atoms with van der Waals surface area (Å²) in [5.74, 6) is -0.412. The van der Waals surface area contributed by atoms with Crippen LogP contribution in [0.4, 0.5) is 4.39 Å². The van der Waals surface area contributed by atoms with Crippen molar-refractivity contribution in [3.63, 3.8) is 0 Å². The minimum atomic E-state index is -0.516. The van der Waals surface area contributed by atoms with Crippen LogP contribution >= 0.6 is 11.6 Å². The van der Waals surface area contributed by atoms with Gasteiger partial charge in [-0.25, -0.2) is 4.39 Å². The number of rotatable bonds is 10. The maximum Gasteiger partial charge on any atom is 0.252 e. The third-order valence-electron chi connectivity index (χ3n) is 4.98. The Kier molecular flexibility index (Phi) is 9.27. The van der Waals surface area contributed by atoms with Gasteiger partial charge in [0.05, 0.1) is 23.8 Å². The van der Waals surface area contributed by atoms with Gasteiger partial charge < -0.3 is 20.1 Å². The average Bonchev–Trinajstić information content (AvgIpc) is 2.78. The van der Waals surface area contributed by atoms with Crippen LogP contribution in [-0.4, -0.2) is 62.7 Å². The Balaban J connectivity index is 1.35. The number of hydrogen-bond acceptors (Lipinski definition) is 5. The van der Waals surface area contributed by atoms with Gasteiger partial charge in [-0.05, 0) is 35.9 Å². The number of nitrogens with zero attached hydrogens (tertiary/aromatic N) is 1. The minimum absolute atomic E-state index is 0.0268. The van der Waals surface area contributed by atoms with Gasteiger partial charge in [-0.3, -0.25) is 14.5 Å². The molecule has 2 aromatic carbocycles. The lowest BCUT2D eigenvalue weighted by atomic mass is 10.2. The summed E-state index contributed by atoms with van der Waals surface area (Å²) in [6.45, 7) is 5.31. The largest absolute Gasteiger partial charge is 0.492 e. The van der Waals surface area contributed by atoms with E-state index in [1.54, 1.807) is 0 Å². The first-order valence-electron chi connectivity index (χ1n) is 10.5. The van der Waals surface area contributed by atoms with E-state index in [4.69, 9.17) is 21.1 Å². The molecule has 0 bridgehead atoms. The zero-order valence-electron chi connectivity index (χ0n) is 17.7. The molecule has 2 amide bonds. The predicted molar refractivity (Wildman–Crippen MR) is 119 cm³/mol. The van der Waals surface area contributed by atoms with E-state index in [0.717, 1.165) is 56.3 Å². The van der Waals surface area contributed by atoms with Crippen LogP contribution in [0, 0.1) is 5.82 Å². The molecule has 2 N–H and O–H groups in total. The van der Waals surface area contributed by atoms with Crippen molar-refractivity contribution in [3.05, 3.63) is 64.4 Å². The molecule has 1 fully saturated rings. The van der Waals surface area contributed by atoms with Gasteiger partial charge in [-0.1, -0.05) is 23.7 Å². The molecular weight excluding hydrogens is 437 g/mol. The van der Waals surface area contributed by atoms with Gasteiger partial charge >= 0.3 is 0 Å². The van der Waals surface area contributed by atoms with Crippen molar-refractivity contribution in [2.75, 3.05) is 46.0 Å². The highest BCUT2D eigenvalue weighted by atomic mass is 35.5. The third kappa shape index (κ3) is 7.78. The van der Waals surface area contributed by atoms with Crippen LogP contribution in [0.5, 0.6) is 5.75 Å². The molecule has 0 unspecified atom stereocenters. The van der Waals surface area contributed by atoms with Crippen molar-refractivity contribution < 1.29 is 23.5 Å². The van der Waals surface area contributed by atoms with E-state index in [1.807, 2.05) is 24.3 Å². The van der Waals surface area contributed by atoms with E-state index in [-0.39, 0.29) is 29.5 Å². The molecule has 1 saturated heterocycles. The molecule has 1 heterocycles. The molecule has 0 aromatic heterocycles. The van der Waals surface area contributed by atoms with Gasteiger partial charge in [0, 0.05) is 39.1 Å². The second-order valence-corrected chi connectivity index (χ2v) is 7.76. The van der Waals surface area contributed by atoms with Crippen molar-refractivity contribution >= 4 is 23.4 Å². The van der Waals surface area contributed by atoms with Crippen molar-refractivity contribution in [2.24, 2.45) is 0 Å². The van der Waals surface area contributed by atoms with Gasteiger partial charge in [0.15, 0.2) is 0 Å². The zero-order chi connectivity index (χ0) is 22.8. The summed E-state index contributed by atoms with van der Waals surface area (Å²) in [7, 11) is 0. The summed E-state index contributed by atoms with van der Waals surface area (Å²) in [6, 6.07) is 11.1. The number of ether oxygens (including phenoxy) is 2. The van der Waals surface area contributed by atoms with Crippen LogP contribution in [0.15, 0.2) is 42.5 Å². The smallest absolute Gasteiger partial charge is 0.252 e.